The van der Waals surface area contributed by atoms with Gasteiger partial charge >= 0.3 is 0 Å². The van der Waals surface area contributed by atoms with Gasteiger partial charge in [-0.1, -0.05) is 18.2 Å². The van der Waals surface area contributed by atoms with E-state index in [-0.39, 0.29) is 5.78 Å². The maximum absolute atomic E-state index is 11.9. The minimum atomic E-state index is 0.166. The SMILES string of the molecule is COc1ccc(-c2ccc3c(c2)OCCCC3=O)cc1. The monoisotopic (exact) mass is 268 g/mol. The van der Waals surface area contributed by atoms with Crippen molar-refractivity contribution in [2.24, 2.45) is 0 Å². The van der Waals surface area contributed by atoms with Gasteiger partial charge in [0.25, 0.3) is 0 Å². The Kier molecular flexibility index (Phi) is 3.42. The number of rotatable bonds is 2. The van der Waals surface area contributed by atoms with Crippen LogP contribution in [0, 0.1) is 0 Å². The van der Waals surface area contributed by atoms with Crippen molar-refractivity contribution in [3.63, 3.8) is 0 Å². The molecule has 20 heavy (non-hydrogen) atoms. The average molecular weight is 268 g/mol. The molecule has 3 rings (SSSR count). The fourth-order valence-corrected chi connectivity index (χ4v) is 2.38. The van der Waals surface area contributed by atoms with Crippen LogP contribution in [0.2, 0.25) is 0 Å². The molecule has 0 atom stereocenters. The van der Waals surface area contributed by atoms with Crippen molar-refractivity contribution in [3.8, 4) is 22.6 Å². The first-order valence-corrected chi connectivity index (χ1v) is 6.72. The third kappa shape index (κ3) is 2.39. The van der Waals surface area contributed by atoms with E-state index >= 15 is 0 Å². The summed E-state index contributed by atoms with van der Waals surface area (Å²) in [5.41, 5.74) is 2.81. The van der Waals surface area contributed by atoms with Crippen LogP contribution in [0.3, 0.4) is 0 Å². The Morgan fingerprint density at radius 3 is 2.55 bits per heavy atom. The number of hydrogen-bond acceptors (Lipinski definition) is 3. The highest BCUT2D eigenvalue weighted by Crippen LogP contribution is 2.31. The molecule has 3 heteroatoms. The summed E-state index contributed by atoms with van der Waals surface area (Å²) in [6, 6.07) is 13.6. The fourth-order valence-electron chi connectivity index (χ4n) is 2.38. The molecular weight excluding hydrogens is 252 g/mol. The summed E-state index contributed by atoms with van der Waals surface area (Å²) in [5.74, 6) is 1.69. The van der Waals surface area contributed by atoms with Crippen LogP contribution in [0.5, 0.6) is 11.5 Å². The molecule has 0 unspecified atom stereocenters. The molecule has 0 N–H and O–H groups in total. The number of Topliss-reactive ketones (excluding diaryl/α,β-unsaturated/α-hetero) is 1. The summed E-state index contributed by atoms with van der Waals surface area (Å²) < 4.78 is 10.8. The molecule has 0 bridgehead atoms. The third-order valence-corrected chi connectivity index (χ3v) is 3.51. The highest BCUT2D eigenvalue weighted by Gasteiger charge is 2.17. The van der Waals surface area contributed by atoms with Gasteiger partial charge in [-0.3, -0.25) is 4.79 Å². The van der Waals surface area contributed by atoms with Crippen LogP contribution >= 0.6 is 0 Å². The first-order valence-electron chi connectivity index (χ1n) is 6.72. The quantitative estimate of drug-likeness (QED) is 0.832. The highest BCUT2D eigenvalue weighted by atomic mass is 16.5. The molecule has 0 radical (unpaired) electrons. The summed E-state index contributed by atoms with van der Waals surface area (Å²) in [6.45, 7) is 0.602. The lowest BCUT2D eigenvalue weighted by Gasteiger charge is -2.09. The van der Waals surface area contributed by atoms with E-state index in [2.05, 4.69) is 0 Å². The summed E-state index contributed by atoms with van der Waals surface area (Å²) in [5, 5.41) is 0. The summed E-state index contributed by atoms with van der Waals surface area (Å²) in [6.07, 6.45) is 1.35. The van der Waals surface area contributed by atoms with E-state index in [1.165, 1.54) is 0 Å². The van der Waals surface area contributed by atoms with E-state index in [1.807, 2.05) is 42.5 Å². The molecule has 0 aromatic heterocycles. The number of ketones is 1. The van der Waals surface area contributed by atoms with Crippen LogP contribution in [0.1, 0.15) is 23.2 Å². The summed E-state index contributed by atoms with van der Waals surface area (Å²) in [4.78, 5) is 11.9. The van der Waals surface area contributed by atoms with E-state index in [9.17, 15) is 4.79 Å². The van der Waals surface area contributed by atoms with Crippen molar-refractivity contribution in [2.45, 2.75) is 12.8 Å². The molecule has 1 aliphatic rings. The van der Waals surface area contributed by atoms with Crippen LogP contribution in [0.4, 0.5) is 0 Å². The largest absolute Gasteiger partial charge is 0.497 e. The van der Waals surface area contributed by atoms with Crippen molar-refractivity contribution in [2.75, 3.05) is 13.7 Å². The van der Waals surface area contributed by atoms with Crippen LogP contribution < -0.4 is 9.47 Å². The Balaban J connectivity index is 1.98. The van der Waals surface area contributed by atoms with E-state index in [1.54, 1.807) is 7.11 Å². The number of benzene rings is 2. The molecule has 0 amide bonds. The first kappa shape index (κ1) is 12.7. The Labute approximate surface area is 118 Å². The van der Waals surface area contributed by atoms with Crippen LogP contribution in [-0.2, 0) is 0 Å². The second kappa shape index (κ2) is 5.37. The van der Waals surface area contributed by atoms with Crippen molar-refractivity contribution in [1.82, 2.24) is 0 Å². The molecule has 1 aliphatic heterocycles. The molecule has 0 saturated heterocycles. The Bertz CT molecular complexity index is 629. The molecule has 0 spiro atoms. The molecule has 0 fully saturated rings. The standard InChI is InChI=1S/C17H16O3/c1-19-14-7-4-12(5-8-14)13-6-9-15-16(18)3-2-10-20-17(15)11-13/h4-9,11H,2-3,10H2,1H3. The Hall–Kier alpha value is -2.29. The predicted octanol–water partition coefficient (Wildman–Crippen LogP) is 3.72. The molecule has 2 aromatic rings. The number of hydrogen-bond donors (Lipinski definition) is 0. The topological polar surface area (TPSA) is 35.5 Å². The van der Waals surface area contributed by atoms with Gasteiger partial charge in [-0.05, 0) is 41.8 Å². The number of carbonyl (C=O) groups excluding carboxylic acids is 1. The molecule has 1 heterocycles. The van der Waals surface area contributed by atoms with E-state index in [4.69, 9.17) is 9.47 Å². The van der Waals surface area contributed by atoms with Gasteiger partial charge in [0.05, 0.1) is 19.3 Å². The molecule has 0 saturated carbocycles. The normalized spacial score (nSPS) is 14.2. The second-order valence-corrected chi connectivity index (χ2v) is 4.81. The van der Waals surface area contributed by atoms with Crippen molar-refractivity contribution in [1.29, 1.82) is 0 Å². The van der Waals surface area contributed by atoms with Crippen molar-refractivity contribution < 1.29 is 14.3 Å². The molecule has 0 aliphatic carbocycles. The number of carbonyl (C=O) groups is 1. The minimum absolute atomic E-state index is 0.166. The van der Waals surface area contributed by atoms with Crippen molar-refractivity contribution in [3.05, 3.63) is 48.0 Å². The zero-order chi connectivity index (χ0) is 13.9. The van der Waals surface area contributed by atoms with Gasteiger partial charge in [0.2, 0.25) is 0 Å². The first-order chi connectivity index (χ1) is 9.78. The lowest BCUT2D eigenvalue weighted by atomic mass is 10.0. The van der Waals surface area contributed by atoms with Gasteiger partial charge in [-0.25, -0.2) is 0 Å². The number of fused-ring (bicyclic) bond motifs is 1. The third-order valence-electron chi connectivity index (χ3n) is 3.51. The highest BCUT2D eigenvalue weighted by molar-refractivity contribution is 5.99. The van der Waals surface area contributed by atoms with Gasteiger partial charge in [0.15, 0.2) is 5.78 Å². The minimum Gasteiger partial charge on any atom is -0.497 e. The Morgan fingerprint density at radius 1 is 1.05 bits per heavy atom. The molecule has 3 nitrogen and oxygen atoms in total. The number of ether oxygens (including phenoxy) is 2. The van der Waals surface area contributed by atoms with E-state index in [0.717, 1.165) is 23.3 Å². The summed E-state index contributed by atoms with van der Waals surface area (Å²) in [7, 11) is 1.65. The molecular formula is C17H16O3. The predicted molar refractivity (Wildman–Crippen MR) is 77.5 cm³/mol. The van der Waals surface area contributed by atoms with Gasteiger partial charge in [-0.2, -0.15) is 0 Å². The average Bonchev–Trinajstić information content (AvgIpc) is 2.69. The second-order valence-electron chi connectivity index (χ2n) is 4.81. The maximum Gasteiger partial charge on any atom is 0.166 e. The van der Waals surface area contributed by atoms with Gasteiger partial charge in [0.1, 0.15) is 11.5 Å². The van der Waals surface area contributed by atoms with E-state index in [0.29, 0.717) is 24.3 Å². The lowest BCUT2D eigenvalue weighted by Crippen LogP contribution is -1.97. The maximum atomic E-state index is 11.9. The van der Waals surface area contributed by atoms with Crippen LogP contribution in [-0.4, -0.2) is 19.5 Å². The van der Waals surface area contributed by atoms with Gasteiger partial charge < -0.3 is 9.47 Å². The fraction of sp³-hybridized carbons (Fsp3) is 0.235. The van der Waals surface area contributed by atoms with Crippen LogP contribution in [0.15, 0.2) is 42.5 Å². The smallest absolute Gasteiger partial charge is 0.166 e. The van der Waals surface area contributed by atoms with Crippen LogP contribution in [0.25, 0.3) is 11.1 Å². The molecule has 2 aromatic carbocycles. The van der Waals surface area contributed by atoms with Crippen molar-refractivity contribution >= 4 is 5.78 Å². The van der Waals surface area contributed by atoms with Gasteiger partial charge in [0, 0.05) is 6.42 Å². The Morgan fingerprint density at radius 2 is 1.80 bits per heavy atom. The molecule has 102 valence electrons. The lowest BCUT2D eigenvalue weighted by molar-refractivity contribution is 0.0983. The number of methoxy groups -OCH3 is 1. The zero-order valence-electron chi connectivity index (χ0n) is 11.4. The van der Waals surface area contributed by atoms with E-state index < -0.39 is 0 Å². The zero-order valence-corrected chi connectivity index (χ0v) is 11.4. The van der Waals surface area contributed by atoms with Gasteiger partial charge in [-0.15, -0.1) is 0 Å². The summed E-state index contributed by atoms with van der Waals surface area (Å²) >= 11 is 0.